The molecule has 5 heteroatoms. The third kappa shape index (κ3) is 2.20. The van der Waals surface area contributed by atoms with Gasteiger partial charge >= 0.3 is 0 Å². The first-order chi connectivity index (χ1) is 5.55. The van der Waals surface area contributed by atoms with Gasteiger partial charge in [0.2, 0.25) is 0 Å². The summed E-state index contributed by atoms with van der Waals surface area (Å²) in [6.45, 7) is 1.66. The minimum absolute atomic E-state index is 0.126. The van der Waals surface area contributed by atoms with Crippen molar-refractivity contribution < 1.29 is 13.2 Å². The molecule has 0 aromatic rings. The Morgan fingerprint density at radius 1 is 1.42 bits per heavy atom. The second kappa shape index (κ2) is 3.43. The summed E-state index contributed by atoms with van der Waals surface area (Å²) >= 11 is 0. The van der Waals surface area contributed by atoms with E-state index in [0.717, 1.165) is 4.74 Å². The van der Waals surface area contributed by atoms with Gasteiger partial charge in [-0.3, -0.25) is 0 Å². The van der Waals surface area contributed by atoms with Gasteiger partial charge in [0.15, 0.2) is 15.9 Å². The Morgan fingerprint density at radius 3 is 2.33 bits per heavy atom. The van der Waals surface area contributed by atoms with Gasteiger partial charge in [-0.1, -0.05) is 0 Å². The molecule has 12 heavy (non-hydrogen) atoms. The van der Waals surface area contributed by atoms with Crippen LogP contribution in [-0.2, 0) is 9.84 Å². The molecule has 0 saturated carbocycles. The fourth-order valence-electron chi connectivity index (χ4n) is 1.34. The van der Waals surface area contributed by atoms with Crippen molar-refractivity contribution >= 4 is 16.1 Å². The SMILES string of the molecule is C/C=[N+](\[O-])C1CCS(=O)(=O)CC1. The van der Waals surface area contributed by atoms with E-state index in [4.69, 9.17) is 0 Å². The highest BCUT2D eigenvalue weighted by Gasteiger charge is 2.27. The molecule has 0 aromatic heterocycles. The molecular weight excluding hydrogens is 178 g/mol. The van der Waals surface area contributed by atoms with Crippen molar-refractivity contribution in [2.75, 3.05) is 11.5 Å². The van der Waals surface area contributed by atoms with Crippen molar-refractivity contribution in [3.05, 3.63) is 5.21 Å². The van der Waals surface area contributed by atoms with Crippen molar-refractivity contribution in [2.24, 2.45) is 0 Å². The van der Waals surface area contributed by atoms with E-state index < -0.39 is 9.84 Å². The molecule has 0 atom stereocenters. The van der Waals surface area contributed by atoms with E-state index in [0.29, 0.717) is 12.8 Å². The molecule has 4 nitrogen and oxygen atoms in total. The van der Waals surface area contributed by atoms with Crippen molar-refractivity contribution in [3.63, 3.8) is 0 Å². The lowest BCUT2D eigenvalue weighted by atomic mass is 10.2. The Hall–Kier alpha value is -0.580. The highest BCUT2D eigenvalue weighted by atomic mass is 32.2. The lowest BCUT2D eigenvalue weighted by molar-refractivity contribution is -0.498. The zero-order valence-electron chi connectivity index (χ0n) is 7.06. The molecule has 1 rings (SSSR count). The summed E-state index contributed by atoms with van der Waals surface area (Å²) in [7, 11) is -2.84. The predicted molar refractivity (Wildman–Crippen MR) is 47.0 cm³/mol. The molecule has 0 amide bonds. The first kappa shape index (κ1) is 9.51. The van der Waals surface area contributed by atoms with Gasteiger partial charge in [-0.2, -0.15) is 0 Å². The quantitative estimate of drug-likeness (QED) is 0.257. The minimum Gasteiger partial charge on any atom is -0.624 e. The molecule has 0 radical (unpaired) electrons. The molecular formula is C7H13NO3S. The molecule has 1 fully saturated rings. The van der Waals surface area contributed by atoms with E-state index in [2.05, 4.69) is 0 Å². The smallest absolute Gasteiger partial charge is 0.164 e. The van der Waals surface area contributed by atoms with Crippen molar-refractivity contribution in [1.82, 2.24) is 0 Å². The van der Waals surface area contributed by atoms with Gasteiger partial charge in [0, 0.05) is 19.8 Å². The molecule has 0 spiro atoms. The van der Waals surface area contributed by atoms with Crippen LogP contribution in [0, 0.1) is 5.21 Å². The largest absolute Gasteiger partial charge is 0.624 e. The Balaban J connectivity index is 2.58. The molecule has 1 aliphatic rings. The predicted octanol–water partition coefficient (Wildman–Crippen LogP) is 0.165. The Bertz CT molecular complexity index is 267. The molecule has 0 aliphatic carbocycles. The summed E-state index contributed by atoms with van der Waals surface area (Å²) in [5.41, 5.74) is 0. The number of hydrogen-bond acceptors (Lipinski definition) is 3. The Kier molecular flexibility index (Phi) is 2.72. The first-order valence-electron chi connectivity index (χ1n) is 4.00. The maximum Gasteiger partial charge on any atom is 0.164 e. The van der Waals surface area contributed by atoms with Crippen LogP contribution in [0.3, 0.4) is 0 Å². The molecule has 0 N–H and O–H groups in total. The van der Waals surface area contributed by atoms with Crippen LogP contribution in [0.5, 0.6) is 0 Å². The highest BCUT2D eigenvalue weighted by Crippen LogP contribution is 2.14. The first-order valence-corrected chi connectivity index (χ1v) is 5.82. The monoisotopic (exact) mass is 191 g/mol. The molecule has 0 aromatic carbocycles. The van der Waals surface area contributed by atoms with Crippen molar-refractivity contribution in [3.8, 4) is 0 Å². The van der Waals surface area contributed by atoms with Crippen LogP contribution in [0.25, 0.3) is 0 Å². The van der Waals surface area contributed by atoms with Gasteiger partial charge in [-0.05, 0) is 0 Å². The summed E-state index contributed by atoms with van der Waals surface area (Å²) < 4.78 is 22.8. The standard InChI is InChI=1S/C7H13NO3S/c1-2-8(9)7-3-5-12(10,11)6-4-7/h2,7H,3-6H2,1H3/b8-2-. The minimum atomic E-state index is -2.84. The van der Waals surface area contributed by atoms with E-state index in [1.165, 1.54) is 6.21 Å². The number of nitrogens with zero attached hydrogens (tertiary/aromatic N) is 1. The average Bonchev–Trinajstić information content (AvgIpc) is 2.03. The van der Waals surface area contributed by atoms with Gasteiger partial charge < -0.3 is 5.21 Å². The lowest BCUT2D eigenvalue weighted by Gasteiger charge is -2.20. The summed E-state index contributed by atoms with van der Waals surface area (Å²) in [6.07, 6.45) is 2.38. The maximum atomic E-state index is 11.0. The van der Waals surface area contributed by atoms with Gasteiger partial charge in [0.1, 0.15) is 6.21 Å². The van der Waals surface area contributed by atoms with E-state index in [9.17, 15) is 13.6 Å². The normalized spacial score (nSPS) is 25.6. The third-order valence-corrected chi connectivity index (χ3v) is 3.85. The van der Waals surface area contributed by atoms with Gasteiger partial charge in [0.25, 0.3) is 0 Å². The van der Waals surface area contributed by atoms with E-state index in [1.807, 2.05) is 0 Å². The average molecular weight is 191 g/mol. The third-order valence-electron chi connectivity index (χ3n) is 2.14. The van der Waals surface area contributed by atoms with E-state index >= 15 is 0 Å². The molecule has 0 bridgehead atoms. The van der Waals surface area contributed by atoms with Gasteiger partial charge in [0.05, 0.1) is 11.5 Å². The Morgan fingerprint density at radius 2 is 1.92 bits per heavy atom. The number of sulfone groups is 1. The highest BCUT2D eigenvalue weighted by molar-refractivity contribution is 7.91. The van der Waals surface area contributed by atoms with Crippen LogP contribution < -0.4 is 0 Å². The van der Waals surface area contributed by atoms with E-state index in [-0.39, 0.29) is 17.5 Å². The van der Waals surface area contributed by atoms with Crippen LogP contribution in [0.2, 0.25) is 0 Å². The summed E-state index contributed by atoms with van der Waals surface area (Å²) in [4.78, 5) is 0. The molecule has 1 heterocycles. The second-order valence-corrected chi connectivity index (χ2v) is 5.30. The molecule has 0 unspecified atom stereocenters. The van der Waals surface area contributed by atoms with Crippen LogP contribution in [0.4, 0.5) is 0 Å². The number of rotatable bonds is 1. The number of hydrogen-bond donors (Lipinski definition) is 0. The Labute approximate surface area is 72.4 Å². The maximum absolute atomic E-state index is 11.0. The zero-order valence-corrected chi connectivity index (χ0v) is 7.88. The number of hydroxylamine groups is 1. The second-order valence-electron chi connectivity index (χ2n) is 3.00. The van der Waals surface area contributed by atoms with Crippen LogP contribution in [0.1, 0.15) is 19.8 Å². The van der Waals surface area contributed by atoms with E-state index in [1.54, 1.807) is 6.92 Å². The molecule has 1 saturated heterocycles. The zero-order chi connectivity index (χ0) is 9.19. The summed E-state index contributed by atoms with van der Waals surface area (Å²) in [5.74, 6) is 0.314. The molecule has 70 valence electrons. The van der Waals surface area contributed by atoms with Crippen molar-refractivity contribution in [1.29, 1.82) is 0 Å². The van der Waals surface area contributed by atoms with Gasteiger partial charge in [-0.25, -0.2) is 13.2 Å². The fraction of sp³-hybridized carbons (Fsp3) is 0.857. The van der Waals surface area contributed by atoms with Gasteiger partial charge in [-0.15, -0.1) is 0 Å². The van der Waals surface area contributed by atoms with Crippen molar-refractivity contribution in [2.45, 2.75) is 25.8 Å². The summed E-state index contributed by atoms with van der Waals surface area (Å²) in [6, 6.07) is -0.126. The topological polar surface area (TPSA) is 60.2 Å². The lowest BCUT2D eigenvalue weighted by Crippen LogP contribution is -2.33. The van der Waals surface area contributed by atoms with Crippen LogP contribution in [-0.4, -0.2) is 36.9 Å². The fourth-order valence-corrected chi connectivity index (χ4v) is 2.81. The molecule has 1 aliphatic heterocycles. The summed E-state index contributed by atoms with van der Waals surface area (Å²) in [5, 5.41) is 11.0. The van der Waals surface area contributed by atoms with Crippen LogP contribution >= 0.6 is 0 Å². The van der Waals surface area contributed by atoms with Crippen LogP contribution in [0.15, 0.2) is 0 Å².